The van der Waals surface area contributed by atoms with Crippen LogP contribution in [0.15, 0.2) is 35.1 Å². The average molecular weight is 341 g/mol. The number of aromatic amines is 1. The highest BCUT2D eigenvalue weighted by Crippen LogP contribution is 2.36. The summed E-state index contributed by atoms with van der Waals surface area (Å²) in [6.07, 6.45) is 0.793. The standard InChI is InChI=1S/C19H19NO5/c1-3-25-19(23)14-10-13-15(20-18(14)22)8-11(9-16(13)21)12-6-4-5-7-17(12)24-2/h4-7,10-11H,3,8-9H2,1-2H3,(H,20,22). The van der Waals surface area contributed by atoms with Gasteiger partial charge in [-0.2, -0.15) is 0 Å². The van der Waals surface area contributed by atoms with Crippen LogP contribution in [0.25, 0.3) is 0 Å². The first-order valence-corrected chi connectivity index (χ1v) is 8.14. The number of H-pyrrole nitrogens is 1. The smallest absolute Gasteiger partial charge is 0.343 e. The van der Waals surface area contributed by atoms with Crippen LogP contribution in [0.3, 0.4) is 0 Å². The van der Waals surface area contributed by atoms with Gasteiger partial charge in [0.25, 0.3) is 5.56 Å². The molecule has 0 bridgehead atoms. The van der Waals surface area contributed by atoms with E-state index < -0.39 is 11.5 Å². The summed E-state index contributed by atoms with van der Waals surface area (Å²) in [7, 11) is 1.59. The highest BCUT2D eigenvalue weighted by molar-refractivity contribution is 6.01. The largest absolute Gasteiger partial charge is 0.496 e. The Bertz CT molecular complexity index is 884. The highest BCUT2D eigenvalue weighted by Gasteiger charge is 2.30. The van der Waals surface area contributed by atoms with Crippen LogP contribution in [0.5, 0.6) is 5.75 Å². The number of hydrogen-bond acceptors (Lipinski definition) is 5. The van der Waals surface area contributed by atoms with Crippen molar-refractivity contribution in [1.82, 2.24) is 4.98 Å². The van der Waals surface area contributed by atoms with Crippen molar-refractivity contribution in [3.63, 3.8) is 0 Å². The quantitative estimate of drug-likeness (QED) is 0.864. The number of carbonyl (C=O) groups is 2. The van der Waals surface area contributed by atoms with Crippen molar-refractivity contribution >= 4 is 11.8 Å². The average Bonchev–Trinajstić information content (AvgIpc) is 2.61. The van der Waals surface area contributed by atoms with E-state index in [9.17, 15) is 14.4 Å². The van der Waals surface area contributed by atoms with Crippen LogP contribution in [0, 0.1) is 0 Å². The lowest BCUT2D eigenvalue weighted by atomic mass is 9.81. The lowest BCUT2D eigenvalue weighted by molar-refractivity contribution is 0.0524. The summed E-state index contributed by atoms with van der Waals surface area (Å²) in [5.41, 5.74) is 1.19. The monoisotopic (exact) mass is 341 g/mol. The van der Waals surface area contributed by atoms with Crippen molar-refractivity contribution < 1.29 is 19.1 Å². The third-order valence-electron chi connectivity index (χ3n) is 4.38. The van der Waals surface area contributed by atoms with Crippen LogP contribution < -0.4 is 10.3 Å². The van der Waals surface area contributed by atoms with E-state index in [2.05, 4.69) is 4.98 Å². The number of carbonyl (C=O) groups excluding carboxylic acids is 2. The number of benzene rings is 1. The number of methoxy groups -OCH3 is 1. The van der Waals surface area contributed by atoms with E-state index in [1.165, 1.54) is 6.07 Å². The molecule has 2 aromatic rings. The Morgan fingerprint density at radius 3 is 2.72 bits per heavy atom. The third kappa shape index (κ3) is 3.20. The minimum atomic E-state index is -0.716. The van der Waals surface area contributed by atoms with Crippen LogP contribution in [0.2, 0.25) is 0 Å². The van der Waals surface area contributed by atoms with Crippen LogP contribution in [0.4, 0.5) is 0 Å². The summed E-state index contributed by atoms with van der Waals surface area (Å²) in [6.45, 7) is 1.83. The Labute approximate surface area is 144 Å². The van der Waals surface area contributed by atoms with E-state index in [1.54, 1.807) is 14.0 Å². The van der Waals surface area contributed by atoms with Gasteiger partial charge in [0.15, 0.2) is 5.78 Å². The highest BCUT2D eigenvalue weighted by atomic mass is 16.5. The van der Waals surface area contributed by atoms with E-state index >= 15 is 0 Å². The minimum absolute atomic E-state index is 0.0831. The van der Waals surface area contributed by atoms with Gasteiger partial charge in [-0.15, -0.1) is 0 Å². The zero-order chi connectivity index (χ0) is 18.0. The van der Waals surface area contributed by atoms with E-state index in [4.69, 9.17) is 9.47 Å². The summed E-state index contributed by atoms with van der Waals surface area (Å²) < 4.78 is 10.2. The number of para-hydroxylation sites is 1. The van der Waals surface area contributed by atoms with Gasteiger partial charge in [-0.3, -0.25) is 9.59 Å². The van der Waals surface area contributed by atoms with Gasteiger partial charge in [0.05, 0.1) is 13.7 Å². The first-order valence-electron chi connectivity index (χ1n) is 8.14. The molecule has 0 fully saturated rings. The number of hydrogen-bond donors (Lipinski definition) is 1. The van der Waals surface area contributed by atoms with Crippen molar-refractivity contribution in [3.8, 4) is 5.75 Å². The van der Waals surface area contributed by atoms with Crippen LogP contribution in [-0.2, 0) is 11.2 Å². The number of aromatic nitrogens is 1. The minimum Gasteiger partial charge on any atom is -0.496 e. The maximum absolute atomic E-state index is 12.6. The number of fused-ring (bicyclic) bond motifs is 1. The Morgan fingerprint density at radius 2 is 2.00 bits per heavy atom. The molecule has 0 radical (unpaired) electrons. The SMILES string of the molecule is CCOC(=O)c1cc2c([nH]c1=O)CC(c1ccccc1OC)CC2=O. The van der Waals surface area contributed by atoms with Crippen molar-refractivity contribution in [2.75, 3.05) is 13.7 Å². The van der Waals surface area contributed by atoms with Gasteiger partial charge < -0.3 is 14.5 Å². The Kier molecular flexibility index (Phi) is 4.70. The molecule has 1 unspecified atom stereocenters. The molecule has 25 heavy (non-hydrogen) atoms. The van der Waals surface area contributed by atoms with Crippen molar-refractivity contribution in [2.45, 2.75) is 25.7 Å². The maximum Gasteiger partial charge on any atom is 0.343 e. The number of rotatable bonds is 4. The number of ketones is 1. The number of ether oxygens (including phenoxy) is 2. The van der Waals surface area contributed by atoms with Crippen molar-refractivity contribution in [1.29, 1.82) is 0 Å². The Balaban J connectivity index is 1.99. The van der Waals surface area contributed by atoms with E-state index in [1.807, 2.05) is 24.3 Å². The van der Waals surface area contributed by atoms with E-state index in [0.717, 1.165) is 5.56 Å². The van der Waals surface area contributed by atoms with Crippen LogP contribution in [-0.4, -0.2) is 30.5 Å². The molecule has 1 aromatic carbocycles. The molecule has 6 heteroatoms. The lowest BCUT2D eigenvalue weighted by Gasteiger charge is -2.25. The zero-order valence-electron chi connectivity index (χ0n) is 14.1. The fraction of sp³-hybridized carbons (Fsp3) is 0.316. The van der Waals surface area contributed by atoms with Gasteiger partial charge in [0.1, 0.15) is 11.3 Å². The molecule has 1 aliphatic carbocycles. The molecule has 1 N–H and O–H groups in total. The van der Waals surface area contributed by atoms with Crippen LogP contribution >= 0.6 is 0 Å². The molecule has 1 aromatic heterocycles. The third-order valence-corrected chi connectivity index (χ3v) is 4.38. The van der Waals surface area contributed by atoms with Gasteiger partial charge in [-0.1, -0.05) is 18.2 Å². The molecule has 6 nitrogen and oxygen atoms in total. The summed E-state index contributed by atoms with van der Waals surface area (Å²) in [5.74, 6) is -0.195. The molecule has 0 amide bonds. The lowest BCUT2D eigenvalue weighted by Crippen LogP contribution is -2.28. The Hall–Kier alpha value is -2.89. The van der Waals surface area contributed by atoms with Crippen molar-refractivity contribution in [2.24, 2.45) is 0 Å². The molecular formula is C19H19NO5. The molecule has 1 atom stereocenters. The van der Waals surface area contributed by atoms with Gasteiger partial charge in [0, 0.05) is 23.6 Å². The molecule has 3 rings (SSSR count). The number of pyridine rings is 1. The first kappa shape index (κ1) is 17.0. The summed E-state index contributed by atoms with van der Waals surface area (Å²) in [5, 5.41) is 0. The van der Waals surface area contributed by atoms with Crippen LogP contribution in [0.1, 0.15) is 51.2 Å². The second-order valence-corrected chi connectivity index (χ2v) is 5.90. The predicted octanol–water partition coefficient (Wildman–Crippen LogP) is 2.47. The number of esters is 1. The Morgan fingerprint density at radius 1 is 1.24 bits per heavy atom. The molecular weight excluding hydrogens is 322 g/mol. The van der Waals surface area contributed by atoms with Crippen molar-refractivity contribution in [3.05, 3.63) is 63.1 Å². The molecule has 0 spiro atoms. The molecule has 0 saturated heterocycles. The second kappa shape index (κ2) is 6.93. The summed E-state index contributed by atoms with van der Waals surface area (Å²) in [6, 6.07) is 8.89. The normalized spacial score (nSPS) is 16.2. The maximum atomic E-state index is 12.6. The fourth-order valence-corrected chi connectivity index (χ4v) is 3.21. The fourth-order valence-electron chi connectivity index (χ4n) is 3.21. The first-order chi connectivity index (χ1) is 12.0. The van der Waals surface area contributed by atoms with E-state index in [0.29, 0.717) is 29.8 Å². The summed E-state index contributed by atoms with van der Waals surface area (Å²) >= 11 is 0. The molecule has 0 saturated carbocycles. The molecule has 1 heterocycles. The predicted molar refractivity (Wildman–Crippen MR) is 91.4 cm³/mol. The zero-order valence-corrected chi connectivity index (χ0v) is 14.1. The van der Waals surface area contributed by atoms with Gasteiger partial charge in [-0.25, -0.2) is 4.79 Å². The molecule has 130 valence electrons. The van der Waals surface area contributed by atoms with E-state index in [-0.39, 0.29) is 23.9 Å². The van der Waals surface area contributed by atoms with Gasteiger partial charge in [-0.05, 0) is 31.0 Å². The molecule has 1 aliphatic rings. The number of Topliss-reactive ketones (excluding diaryl/α,β-unsaturated/α-hetero) is 1. The topological polar surface area (TPSA) is 85.5 Å². The second-order valence-electron chi connectivity index (χ2n) is 5.90. The molecule has 0 aliphatic heterocycles. The number of nitrogens with one attached hydrogen (secondary N) is 1. The van der Waals surface area contributed by atoms with Gasteiger partial charge in [0.2, 0.25) is 0 Å². The van der Waals surface area contributed by atoms with Gasteiger partial charge >= 0.3 is 5.97 Å². The summed E-state index contributed by atoms with van der Waals surface area (Å²) in [4.78, 5) is 39.3.